The average Bonchev–Trinajstić information content (AvgIpc) is 2.38. The number of carbonyl (C=O) groups excluding carboxylic acids is 1. The molecule has 0 amide bonds. The lowest BCUT2D eigenvalue weighted by atomic mass is 10.1. The van der Waals surface area contributed by atoms with E-state index < -0.39 is 41.6 Å². The molecule has 0 saturated heterocycles. The Labute approximate surface area is 120 Å². The SMILES string of the molecule is CCOC(=O)c1ccc(C#N)c(OC(F)F)c1OC(F)(F)F. The molecule has 0 aliphatic carbocycles. The molecule has 0 radical (unpaired) electrons. The molecule has 0 aliphatic rings. The lowest BCUT2D eigenvalue weighted by molar-refractivity contribution is -0.275. The second-order valence-corrected chi connectivity index (χ2v) is 3.58. The zero-order valence-corrected chi connectivity index (χ0v) is 10.9. The summed E-state index contributed by atoms with van der Waals surface area (Å²) in [6, 6.07) is 3.00. The summed E-state index contributed by atoms with van der Waals surface area (Å²) in [5, 5.41) is 8.76. The summed E-state index contributed by atoms with van der Waals surface area (Å²) >= 11 is 0. The smallest absolute Gasteiger partial charge is 0.462 e. The number of benzene rings is 1. The summed E-state index contributed by atoms with van der Waals surface area (Å²) in [6.07, 6.45) is -5.30. The molecule has 5 nitrogen and oxygen atoms in total. The van der Waals surface area contributed by atoms with Crippen LogP contribution in [0.5, 0.6) is 11.5 Å². The van der Waals surface area contributed by atoms with E-state index >= 15 is 0 Å². The molecule has 0 fully saturated rings. The maximum Gasteiger partial charge on any atom is 0.573 e. The molecule has 1 aromatic rings. The Morgan fingerprint density at radius 3 is 2.41 bits per heavy atom. The summed E-state index contributed by atoms with van der Waals surface area (Å²) in [5.74, 6) is -3.80. The van der Waals surface area contributed by atoms with Gasteiger partial charge in [-0.15, -0.1) is 13.2 Å². The number of hydrogen-bond acceptors (Lipinski definition) is 5. The minimum atomic E-state index is -5.30. The zero-order valence-electron chi connectivity index (χ0n) is 10.9. The molecule has 0 atom stereocenters. The molecule has 0 bridgehead atoms. The van der Waals surface area contributed by atoms with Gasteiger partial charge in [0.25, 0.3) is 0 Å². The summed E-state index contributed by atoms with van der Waals surface area (Å²) in [5.41, 5.74) is -1.46. The Bertz CT molecular complexity index is 594. The largest absolute Gasteiger partial charge is 0.573 e. The summed E-state index contributed by atoms with van der Waals surface area (Å²) in [6.45, 7) is -2.31. The van der Waals surface area contributed by atoms with Gasteiger partial charge in [-0.2, -0.15) is 14.0 Å². The Balaban J connectivity index is 3.51. The first-order valence-corrected chi connectivity index (χ1v) is 5.64. The fraction of sp³-hybridized carbons (Fsp3) is 0.333. The topological polar surface area (TPSA) is 68.6 Å². The fourth-order valence-corrected chi connectivity index (χ4v) is 1.44. The van der Waals surface area contributed by atoms with Crippen LogP contribution in [0.3, 0.4) is 0 Å². The highest BCUT2D eigenvalue weighted by Gasteiger charge is 2.36. The number of ether oxygens (including phenoxy) is 3. The van der Waals surface area contributed by atoms with Crippen LogP contribution in [-0.2, 0) is 4.74 Å². The van der Waals surface area contributed by atoms with Crippen LogP contribution >= 0.6 is 0 Å². The first-order valence-electron chi connectivity index (χ1n) is 5.64. The summed E-state index contributed by atoms with van der Waals surface area (Å²) < 4.78 is 73.9. The second-order valence-electron chi connectivity index (χ2n) is 3.58. The number of nitrogens with zero attached hydrogens (tertiary/aromatic N) is 1. The Morgan fingerprint density at radius 2 is 1.95 bits per heavy atom. The monoisotopic (exact) mass is 325 g/mol. The molecule has 1 aromatic carbocycles. The molecule has 0 aromatic heterocycles. The van der Waals surface area contributed by atoms with Crippen LogP contribution in [0, 0.1) is 11.3 Å². The molecule has 1 rings (SSSR count). The van der Waals surface area contributed by atoms with Crippen molar-refractivity contribution in [3.05, 3.63) is 23.3 Å². The molecule has 0 aliphatic heterocycles. The maximum absolute atomic E-state index is 12.4. The van der Waals surface area contributed by atoms with Crippen LogP contribution in [0.15, 0.2) is 12.1 Å². The van der Waals surface area contributed by atoms with Crippen molar-refractivity contribution in [2.45, 2.75) is 19.9 Å². The van der Waals surface area contributed by atoms with Crippen molar-refractivity contribution in [3.8, 4) is 17.6 Å². The van der Waals surface area contributed by atoms with Crippen molar-refractivity contribution in [3.63, 3.8) is 0 Å². The Hall–Kier alpha value is -2.57. The lowest BCUT2D eigenvalue weighted by Gasteiger charge is -2.17. The maximum atomic E-state index is 12.4. The van der Waals surface area contributed by atoms with Crippen molar-refractivity contribution in [2.75, 3.05) is 6.61 Å². The number of halogens is 5. The molecule has 10 heteroatoms. The second kappa shape index (κ2) is 6.93. The average molecular weight is 325 g/mol. The number of alkyl halides is 5. The lowest BCUT2D eigenvalue weighted by Crippen LogP contribution is -2.21. The molecule has 120 valence electrons. The number of hydrogen-bond donors (Lipinski definition) is 0. The number of carbonyl (C=O) groups is 1. The molecular weight excluding hydrogens is 317 g/mol. The van der Waals surface area contributed by atoms with Gasteiger partial charge in [-0.05, 0) is 19.1 Å². The highest BCUT2D eigenvalue weighted by Crippen LogP contribution is 2.39. The Morgan fingerprint density at radius 1 is 1.32 bits per heavy atom. The summed E-state index contributed by atoms with van der Waals surface area (Å²) in [4.78, 5) is 11.6. The van der Waals surface area contributed by atoms with Crippen molar-refractivity contribution in [2.24, 2.45) is 0 Å². The third-order valence-corrected chi connectivity index (χ3v) is 2.15. The van der Waals surface area contributed by atoms with Crippen molar-refractivity contribution in [1.82, 2.24) is 0 Å². The third kappa shape index (κ3) is 4.47. The molecular formula is C12H8F5NO4. The van der Waals surface area contributed by atoms with Gasteiger partial charge in [0.2, 0.25) is 0 Å². The van der Waals surface area contributed by atoms with Crippen molar-refractivity contribution in [1.29, 1.82) is 5.26 Å². The molecule has 0 heterocycles. The first-order chi connectivity index (χ1) is 10.2. The highest BCUT2D eigenvalue weighted by atomic mass is 19.4. The predicted molar refractivity (Wildman–Crippen MR) is 60.4 cm³/mol. The van der Waals surface area contributed by atoms with Crippen LogP contribution in [0.4, 0.5) is 22.0 Å². The van der Waals surface area contributed by atoms with E-state index in [1.807, 2.05) is 0 Å². The van der Waals surface area contributed by atoms with E-state index in [1.54, 1.807) is 0 Å². The van der Waals surface area contributed by atoms with Crippen molar-refractivity contribution < 1.29 is 41.0 Å². The van der Waals surface area contributed by atoms with Gasteiger partial charge in [0.1, 0.15) is 11.6 Å². The molecule has 0 saturated carbocycles. The van der Waals surface area contributed by atoms with Gasteiger partial charge >= 0.3 is 18.9 Å². The van der Waals surface area contributed by atoms with Crippen LogP contribution in [-0.4, -0.2) is 25.6 Å². The van der Waals surface area contributed by atoms with Crippen molar-refractivity contribution >= 4 is 5.97 Å². The van der Waals surface area contributed by atoms with Gasteiger partial charge in [-0.25, -0.2) is 4.79 Å². The number of nitriles is 1. The fourth-order valence-electron chi connectivity index (χ4n) is 1.44. The van der Waals surface area contributed by atoms with E-state index in [0.29, 0.717) is 0 Å². The minimum Gasteiger partial charge on any atom is -0.462 e. The molecule has 22 heavy (non-hydrogen) atoms. The van der Waals surface area contributed by atoms with Gasteiger partial charge in [0.15, 0.2) is 11.5 Å². The van der Waals surface area contributed by atoms with Gasteiger partial charge < -0.3 is 14.2 Å². The van der Waals surface area contributed by atoms with E-state index in [1.165, 1.54) is 13.0 Å². The van der Waals surface area contributed by atoms with Gasteiger partial charge in [-0.3, -0.25) is 0 Å². The van der Waals surface area contributed by atoms with E-state index in [-0.39, 0.29) is 6.61 Å². The normalized spacial score (nSPS) is 11.0. The zero-order chi connectivity index (χ0) is 16.9. The quantitative estimate of drug-likeness (QED) is 0.614. The molecule has 0 N–H and O–H groups in total. The predicted octanol–water partition coefficient (Wildman–Crippen LogP) is 3.23. The van der Waals surface area contributed by atoms with Gasteiger partial charge in [0, 0.05) is 0 Å². The van der Waals surface area contributed by atoms with Crippen LogP contribution in [0.1, 0.15) is 22.8 Å². The summed E-state index contributed by atoms with van der Waals surface area (Å²) in [7, 11) is 0. The van der Waals surface area contributed by atoms with Gasteiger partial charge in [0.05, 0.1) is 12.2 Å². The van der Waals surface area contributed by atoms with E-state index in [2.05, 4.69) is 14.2 Å². The third-order valence-electron chi connectivity index (χ3n) is 2.15. The van der Waals surface area contributed by atoms with E-state index in [0.717, 1.165) is 12.1 Å². The van der Waals surface area contributed by atoms with Crippen LogP contribution < -0.4 is 9.47 Å². The Kier molecular flexibility index (Phi) is 5.50. The van der Waals surface area contributed by atoms with Crippen LogP contribution in [0.25, 0.3) is 0 Å². The highest BCUT2D eigenvalue weighted by molar-refractivity contribution is 5.94. The molecule has 0 spiro atoms. The minimum absolute atomic E-state index is 0.171. The number of esters is 1. The van der Waals surface area contributed by atoms with Crippen LogP contribution in [0.2, 0.25) is 0 Å². The first kappa shape index (κ1) is 17.5. The number of rotatable bonds is 5. The van der Waals surface area contributed by atoms with E-state index in [4.69, 9.17) is 5.26 Å². The standard InChI is InChI=1S/C12H8F5NO4/c1-2-20-10(19)7-4-3-6(5-18)8(21-11(13)14)9(7)22-12(15,16)17/h3-4,11H,2H2,1H3. The molecule has 0 unspecified atom stereocenters. The van der Waals surface area contributed by atoms with E-state index in [9.17, 15) is 26.7 Å². The van der Waals surface area contributed by atoms with Gasteiger partial charge in [-0.1, -0.05) is 0 Å².